The predicted octanol–water partition coefficient (Wildman–Crippen LogP) is 7.90. The third-order valence-corrected chi connectivity index (χ3v) is 11.7. The second-order valence-electron chi connectivity index (χ2n) is 17.0. The van der Waals surface area contributed by atoms with Crippen molar-refractivity contribution < 1.29 is 19.4 Å². The average Bonchev–Trinajstić information content (AvgIpc) is 4.05. The van der Waals surface area contributed by atoms with Crippen LogP contribution >= 0.6 is 0 Å². The number of nitrogens with two attached hydrogens (primary N) is 1. The van der Waals surface area contributed by atoms with Gasteiger partial charge < -0.3 is 39.7 Å². The van der Waals surface area contributed by atoms with Crippen LogP contribution in [0.15, 0.2) is 85.2 Å². The van der Waals surface area contributed by atoms with E-state index in [0.29, 0.717) is 6.54 Å². The number of hydrogen-bond donors (Lipinski definition) is 4. The topological polar surface area (TPSA) is 151 Å². The average molecular weight is 769 g/mol. The first-order valence-corrected chi connectivity index (χ1v) is 20.2. The highest BCUT2D eigenvalue weighted by molar-refractivity contribution is 5.92. The summed E-state index contributed by atoms with van der Waals surface area (Å²) in [5, 5.41) is 12.0. The summed E-state index contributed by atoms with van der Waals surface area (Å²) in [6, 6.07) is 24.6. The lowest BCUT2D eigenvalue weighted by atomic mass is 10.0. The third kappa shape index (κ3) is 6.94. The molecule has 2 saturated heterocycles. The number of H-pyrrole nitrogens is 2. The number of ether oxygens (including phenoxy) is 2. The Hall–Kier alpha value is -5.27. The Balaban J connectivity index is 1.03. The fourth-order valence-corrected chi connectivity index (χ4v) is 8.70. The van der Waals surface area contributed by atoms with Gasteiger partial charge in [0.15, 0.2) is 0 Å². The number of benzene rings is 3. The number of aliphatic hydroxyl groups excluding tert-OH is 1. The van der Waals surface area contributed by atoms with Gasteiger partial charge in [0, 0.05) is 40.7 Å². The molecule has 9 rings (SSSR count). The minimum Gasteiger partial charge on any atom is -0.465 e. The number of amides is 1. The Morgan fingerprint density at radius 2 is 1.56 bits per heavy atom. The van der Waals surface area contributed by atoms with Crippen molar-refractivity contribution in [3.8, 4) is 39.5 Å². The number of aromatic nitrogens is 5. The monoisotopic (exact) mass is 768 g/mol. The number of nitrogens with zero attached hydrogens (tertiary/aromatic N) is 5. The van der Waals surface area contributed by atoms with E-state index in [2.05, 4.69) is 69.1 Å². The smallest absolute Gasteiger partial charge is 0.240 e. The van der Waals surface area contributed by atoms with E-state index in [1.165, 1.54) is 0 Å². The normalized spacial score (nSPS) is 20.8. The van der Waals surface area contributed by atoms with Gasteiger partial charge in [-0.3, -0.25) is 4.79 Å². The molecule has 57 heavy (non-hydrogen) atoms. The van der Waals surface area contributed by atoms with Gasteiger partial charge in [-0.05, 0) is 82.7 Å². The molecule has 3 aromatic carbocycles. The fraction of sp³-hybridized carbons (Fsp3) is 0.400. The Bertz CT molecular complexity index is 2410. The van der Waals surface area contributed by atoms with Gasteiger partial charge in [0.2, 0.25) is 18.5 Å². The van der Waals surface area contributed by atoms with E-state index < -0.39 is 18.1 Å². The Morgan fingerprint density at radius 1 is 0.895 bits per heavy atom. The predicted molar refractivity (Wildman–Crippen MR) is 220 cm³/mol. The largest absolute Gasteiger partial charge is 0.465 e. The number of imidazole rings is 2. The van der Waals surface area contributed by atoms with E-state index in [1.807, 2.05) is 75.0 Å². The van der Waals surface area contributed by atoms with Crippen LogP contribution in [-0.4, -0.2) is 76.5 Å². The molecule has 5 atom stereocenters. The molecule has 2 fully saturated rings. The maximum Gasteiger partial charge on any atom is 0.240 e. The van der Waals surface area contributed by atoms with Crippen molar-refractivity contribution >= 4 is 16.8 Å². The minimum atomic E-state index is -1.00. The van der Waals surface area contributed by atoms with Gasteiger partial charge in [-0.2, -0.15) is 0 Å². The third-order valence-electron chi connectivity index (χ3n) is 11.7. The Labute approximate surface area is 333 Å². The van der Waals surface area contributed by atoms with Crippen molar-refractivity contribution in [3.05, 3.63) is 102 Å². The van der Waals surface area contributed by atoms with Crippen LogP contribution in [0, 0.1) is 5.92 Å². The molecule has 3 aliphatic rings. The number of carbonyl (C=O) groups is 1. The van der Waals surface area contributed by atoms with E-state index in [4.69, 9.17) is 25.2 Å². The summed E-state index contributed by atoms with van der Waals surface area (Å²) in [5.74, 6) is 2.43. The molecule has 5 unspecified atom stereocenters. The number of likely N-dealkylation sites (tertiary alicyclic amines) is 2. The van der Waals surface area contributed by atoms with Gasteiger partial charge in [-0.25, -0.2) is 14.9 Å². The van der Waals surface area contributed by atoms with Crippen LogP contribution in [0.3, 0.4) is 0 Å². The van der Waals surface area contributed by atoms with Gasteiger partial charge in [0.25, 0.3) is 0 Å². The summed E-state index contributed by atoms with van der Waals surface area (Å²) in [7, 11) is 0. The molecule has 296 valence electrons. The number of aliphatic hydroxyl groups is 1. The maximum atomic E-state index is 13.3. The van der Waals surface area contributed by atoms with Gasteiger partial charge in [0.05, 0.1) is 58.7 Å². The van der Waals surface area contributed by atoms with Crippen molar-refractivity contribution in [2.45, 2.75) is 96.7 Å². The van der Waals surface area contributed by atoms with Crippen LogP contribution in [0.4, 0.5) is 0 Å². The number of fused-ring (bicyclic) bond motifs is 5. The Kier molecular flexibility index (Phi) is 9.55. The van der Waals surface area contributed by atoms with Crippen molar-refractivity contribution in [1.82, 2.24) is 34.3 Å². The molecule has 6 aromatic rings. The summed E-state index contributed by atoms with van der Waals surface area (Å²) in [6.07, 6.45) is 5.96. The van der Waals surface area contributed by atoms with E-state index >= 15 is 0 Å². The lowest BCUT2D eigenvalue weighted by molar-refractivity contribution is -0.243. The number of rotatable bonds is 9. The molecule has 12 heteroatoms. The molecule has 12 nitrogen and oxygen atoms in total. The zero-order valence-corrected chi connectivity index (χ0v) is 33.3. The molecule has 3 aromatic heterocycles. The number of carbonyl (C=O) groups excluding carboxylic acids is 1. The summed E-state index contributed by atoms with van der Waals surface area (Å²) >= 11 is 0. The zero-order valence-electron chi connectivity index (χ0n) is 33.3. The molecule has 3 aliphatic heterocycles. The van der Waals surface area contributed by atoms with Gasteiger partial charge in [0.1, 0.15) is 17.4 Å². The molecular weight excluding hydrogens is 717 g/mol. The highest BCUT2D eigenvalue weighted by Crippen LogP contribution is 2.46. The molecule has 5 N–H and O–H groups in total. The number of hydrogen-bond acceptors (Lipinski definition) is 8. The Morgan fingerprint density at radius 3 is 2.28 bits per heavy atom. The van der Waals surface area contributed by atoms with Crippen molar-refractivity contribution in [2.75, 3.05) is 13.1 Å². The van der Waals surface area contributed by atoms with Crippen molar-refractivity contribution in [3.63, 3.8) is 0 Å². The minimum absolute atomic E-state index is 0.0184. The molecular formula is C45H52N8O4. The van der Waals surface area contributed by atoms with Gasteiger partial charge >= 0.3 is 0 Å². The maximum absolute atomic E-state index is 13.3. The quantitative estimate of drug-likeness (QED) is 0.109. The SMILES string of the molecule is CC(C)C(N)C(=O)N1CCCC1c1ncc(-c2ccc3c(c2)OC(c2ccccc2)n2c-3cc3cc(-c4cnc(C5CCCN5C(O)OC(C)(C)C)[nH]4)ccc32)[nH]1. The number of nitrogens with one attached hydrogen (secondary N) is 2. The van der Waals surface area contributed by atoms with Crippen molar-refractivity contribution in [2.24, 2.45) is 11.7 Å². The van der Waals surface area contributed by atoms with Crippen molar-refractivity contribution in [1.29, 1.82) is 0 Å². The second kappa shape index (κ2) is 14.6. The van der Waals surface area contributed by atoms with Crippen LogP contribution in [0.5, 0.6) is 5.75 Å². The van der Waals surface area contributed by atoms with E-state index in [9.17, 15) is 9.90 Å². The lowest BCUT2D eigenvalue weighted by Gasteiger charge is -2.32. The van der Waals surface area contributed by atoms with E-state index in [-0.39, 0.29) is 30.1 Å². The molecule has 0 bridgehead atoms. The first kappa shape index (κ1) is 37.3. The van der Waals surface area contributed by atoms with Gasteiger partial charge in [-0.15, -0.1) is 0 Å². The first-order valence-electron chi connectivity index (χ1n) is 20.2. The molecule has 1 amide bonds. The zero-order chi connectivity index (χ0) is 39.6. The molecule has 6 heterocycles. The molecule has 0 saturated carbocycles. The summed E-state index contributed by atoms with van der Waals surface area (Å²) in [4.78, 5) is 33.8. The van der Waals surface area contributed by atoms with E-state index in [0.717, 1.165) is 99.9 Å². The molecule has 0 spiro atoms. The van der Waals surface area contributed by atoms with Crippen LogP contribution < -0.4 is 10.5 Å². The summed E-state index contributed by atoms with van der Waals surface area (Å²) in [5.41, 5.74) is 13.8. The first-order chi connectivity index (χ1) is 27.4. The van der Waals surface area contributed by atoms with Crippen LogP contribution in [0.1, 0.15) is 95.8 Å². The van der Waals surface area contributed by atoms with Crippen LogP contribution in [0.25, 0.3) is 44.7 Å². The fourth-order valence-electron chi connectivity index (χ4n) is 8.70. The van der Waals surface area contributed by atoms with Crippen LogP contribution in [0.2, 0.25) is 0 Å². The van der Waals surface area contributed by atoms with Crippen LogP contribution in [-0.2, 0) is 9.53 Å². The standard InChI is InChI=1S/C45H52N8O4/c1-26(2)39(46)42(54)51-19-9-13-35(51)40-47-25-33(50-40)29-15-17-31-37-22-30-21-28(16-18-34(30)53(37)43(56-38(31)23-29)27-11-7-6-8-12-27)32-24-48-41(49-32)36-14-10-20-52(36)44(55)57-45(3,4)5/h6-8,11-12,15-18,21-26,35-36,39,43-44,55H,9-10,13-14,19-20,46H2,1-5H3,(H,47,50)(H,48,49). The molecule has 0 aliphatic carbocycles. The highest BCUT2D eigenvalue weighted by Gasteiger charge is 2.37. The lowest BCUT2D eigenvalue weighted by Crippen LogP contribution is -2.46. The highest BCUT2D eigenvalue weighted by atomic mass is 16.6. The van der Waals surface area contributed by atoms with Gasteiger partial charge in [-0.1, -0.05) is 56.3 Å². The molecule has 0 radical (unpaired) electrons. The summed E-state index contributed by atoms with van der Waals surface area (Å²) < 4.78 is 15.1. The van der Waals surface area contributed by atoms with E-state index in [1.54, 1.807) is 0 Å². The second-order valence-corrected chi connectivity index (χ2v) is 17.0. The number of aromatic amines is 2. The summed E-state index contributed by atoms with van der Waals surface area (Å²) in [6.45, 7) is 11.2.